The van der Waals surface area contributed by atoms with Crippen LogP contribution in [0.25, 0.3) is 0 Å². The van der Waals surface area contributed by atoms with E-state index in [9.17, 15) is 9.18 Å². The van der Waals surface area contributed by atoms with Gasteiger partial charge in [-0.2, -0.15) is 0 Å². The minimum Gasteiger partial charge on any atom is -0.496 e. The lowest BCUT2D eigenvalue weighted by Crippen LogP contribution is -2.30. The van der Waals surface area contributed by atoms with E-state index in [0.717, 1.165) is 4.88 Å². The number of furan rings is 1. The summed E-state index contributed by atoms with van der Waals surface area (Å²) in [5.41, 5.74) is 0.195. The van der Waals surface area contributed by atoms with Gasteiger partial charge in [0, 0.05) is 4.88 Å². The Kier molecular flexibility index (Phi) is 4.96. The van der Waals surface area contributed by atoms with Crippen LogP contribution >= 0.6 is 11.3 Å². The predicted octanol–water partition coefficient (Wildman–Crippen LogP) is 4.33. The van der Waals surface area contributed by atoms with Gasteiger partial charge in [0.05, 0.1) is 32.0 Å². The Labute approximate surface area is 143 Å². The van der Waals surface area contributed by atoms with E-state index in [0.29, 0.717) is 24.6 Å². The number of ether oxygens (including phenoxy) is 1. The summed E-state index contributed by atoms with van der Waals surface area (Å²) in [7, 11) is 1.46. The second kappa shape index (κ2) is 7.31. The number of nitrogens with zero attached hydrogens (tertiary/aromatic N) is 1. The smallest absolute Gasteiger partial charge is 0.258 e. The van der Waals surface area contributed by atoms with Crippen LogP contribution < -0.4 is 4.74 Å². The van der Waals surface area contributed by atoms with E-state index in [1.807, 2.05) is 17.5 Å². The van der Waals surface area contributed by atoms with Crippen molar-refractivity contribution in [3.05, 3.63) is 76.1 Å². The molecular formula is C18H16FNO3S. The molecule has 0 radical (unpaired) electrons. The van der Waals surface area contributed by atoms with Gasteiger partial charge in [-0.05, 0) is 41.8 Å². The van der Waals surface area contributed by atoms with Crippen LogP contribution in [0.15, 0.2) is 58.5 Å². The lowest BCUT2D eigenvalue weighted by molar-refractivity contribution is 0.0715. The van der Waals surface area contributed by atoms with Gasteiger partial charge in [0.25, 0.3) is 5.91 Å². The Bertz CT molecular complexity index is 764. The van der Waals surface area contributed by atoms with Crippen molar-refractivity contribution in [2.45, 2.75) is 13.1 Å². The van der Waals surface area contributed by atoms with Gasteiger partial charge in [0.2, 0.25) is 0 Å². The molecule has 0 aliphatic rings. The first-order valence-electron chi connectivity index (χ1n) is 7.35. The van der Waals surface area contributed by atoms with Crippen molar-refractivity contribution in [1.29, 1.82) is 0 Å². The molecule has 2 aromatic heterocycles. The molecule has 0 spiro atoms. The van der Waals surface area contributed by atoms with Crippen LogP contribution in [0.5, 0.6) is 5.75 Å². The Morgan fingerprint density at radius 2 is 2.12 bits per heavy atom. The van der Waals surface area contributed by atoms with E-state index in [1.54, 1.807) is 34.6 Å². The van der Waals surface area contributed by atoms with Crippen LogP contribution in [-0.2, 0) is 13.1 Å². The van der Waals surface area contributed by atoms with Crippen molar-refractivity contribution < 1.29 is 18.3 Å². The molecule has 124 valence electrons. The zero-order valence-electron chi connectivity index (χ0n) is 13.1. The summed E-state index contributed by atoms with van der Waals surface area (Å²) in [6.45, 7) is 0.709. The van der Waals surface area contributed by atoms with Crippen LogP contribution in [0.3, 0.4) is 0 Å². The van der Waals surface area contributed by atoms with Gasteiger partial charge < -0.3 is 14.1 Å². The third kappa shape index (κ3) is 3.65. The van der Waals surface area contributed by atoms with Gasteiger partial charge in [0.1, 0.15) is 17.3 Å². The SMILES string of the molecule is COc1ccc(F)cc1C(=O)N(Cc1ccco1)Cc1cccs1. The first-order chi connectivity index (χ1) is 11.7. The van der Waals surface area contributed by atoms with Gasteiger partial charge in [-0.1, -0.05) is 6.07 Å². The third-order valence-electron chi connectivity index (χ3n) is 3.53. The van der Waals surface area contributed by atoms with E-state index in [2.05, 4.69) is 0 Å². The number of hydrogen-bond donors (Lipinski definition) is 0. The quantitative estimate of drug-likeness (QED) is 0.668. The second-order valence-corrected chi connectivity index (χ2v) is 6.20. The van der Waals surface area contributed by atoms with Gasteiger partial charge in [-0.25, -0.2) is 4.39 Å². The van der Waals surface area contributed by atoms with E-state index in [-0.39, 0.29) is 11.5 Å². The molecule has 6 heteroatoms. The lowest BCUT2D eigenvalue weighted by atomic mass is 10.1. The number of halogens is 1. The maximum Gasteiger partial charge on any atom is 0.258 e. The molecule has 0 aliphatic heterocycles. The number of methoxy groups -OCH3 is 1. The minimum absolute atomic E-state index is 0.195. The van der Waals surface area contributed by atoms with Crippen molar-refractivity contribution in [3.63, 3.8) is 0 Å². The van der Waals surface area contributed by atoms with Crippen LogP contribution in [0.1, 0.15) is 21.0 Å². The standard InChI is InChI=1S/C18H16FNO3S/c1-22-17-7-6-13(19)10-16(17)18(21)20(11-14-4-2-8-23-14)12-15-5-3-9-24-15/h2-10H,11-12H2,1H3. The Balaban J connectivity index is 1.91. The summed E-state index contributed by atoms with van der Waals surface area (Å²) in [5, 5.41) is 1.95. The average molecular weight is 345 g/mol. The van der Waals surface area contributed by atoms with Crippen LogP contribution in [0.2, 0.25) is 0 Å². The zero-order chi connectivity index (χ0) is 16.9. The highest BCUT2D eigenvalue weighted by molar-refractivity contribution is 7.09. The summed E-state index contributed by atoms with van der Waals surface area (Å²) < 4.78 is 24.2. The monoisotopic (exact) mass is 345 g/mol. The molecule has 0 aliphatic carbocycles. The second-order valence-electron chi connectivity index (χ2n) is 5.16. The first kappa shape index (κ1) is 16.3. The first-order valence-corrected chi connectivity index (χ1v) is 8.23. The maximum absolute atomic E-state index is 13.6. The summed E-state index contributed by atoms with van der Waals surface area (Å²) >= 11 is 1.56. The summed E-state index contributed by atoms with van der Waals surface area (Å²) in [6.07, 6.45) is 1.56. The van der Waals surface area contributed by atoms with Crippen molar-refractivity contribution >= 4 is 17.2 Å². The third-order valence-corrected chi connectivity index (χ3v) is 4.39. The van der Waals surface area contributed by atoms with Gasteiger partial charge in [0.15, 0.2) is 0 Å². The maximum atomic E-state index is 13.6. The van der Waals surface area contributed by atoms with E-state index < -0.39 is 5.82 Å². The van der Waals surface area contributed by atoms with Crippen molar-refractivity contribution in [3.8, 4) is 5.75 Å². The normalized spacial score (nSPS) is 10.6. The predicted molar refractivity (Wildman–Crippen MR) is 89.6 cm³/mol. The van der Waals surface area contributed by atoms with E-state index in [4.69, 9.17) is 9.15 Å². The Hall–Kier alpha value is -2.60. The Morgan fingerprint density at radius 3 is 2.79 bits per heavy atom. The van der Waals surface area contributed by atoms with Gasteiger partial charge in [-0.15, -0.1) is 11.3 Å². The molecule has 0 bridgehead atoms. The van der Waals surface area contributed by atoms with Crippen molar-refractivity contribution in [2.75, 3.05) is 7.11 Å². The molecule has 24 heavy (non-hydrogen) atoms. The molecule has 2 heterocycles. The number of hydrogen-bond acceptors (Lipinski definition) is 4. The largest absolute Gasteiger partial charge is 0.496 e. The molecule has 1 amide bonds. The molecule has 3 rings (SSSR count). The zero-order valence-corrected chi connectivity index (χ0v) is 13.9. The van der Waals surface area contributed by atoms with Gasteiger partial charge >= 0.3 is 0 Å². The molecule has 0 saturated carbocycles. The fourth-order valence-electron chi connectivity index (χ4n) is 2.40. The highest BCUT2D eigenvalue weighted by Gasteiger charge is 2.22. The number of rotatable bonds is 6. The average Bonchev–Trinajstić information content (AvgIpc) is 3.27. The topological polar surface area (TPSA) is 42.7 Å². The van der Waals surface area contributed by atoms with Crippen LogP contribution in [0, 0.1) is 5.82 Å². The van der Waals surface area contributed by atoms with E-state index >= 15 is 0 Å². The Morgan fingerprint density at radius 1 is 1.25 bits per heavy atom. The number of thiophene rings is 1. The molecule has 4 nitrogen and oxygen atoms in total. The van der Waals surface area contributed by atoms with E-state index in [1.165, 1.54) is 25.3 Å². The van der Waals surface area contributed by atoms with Crippen LogP contribution in [0.4, 0.5) is 4.39 Å². The summed E-state index contributed by atoms with van der Waals surface area (Å²) in [5.74, 6) is 0.219. The molecule has 0 fully saturated rings. The molecule has 0 N–H and O–H groups in total. The minimum atomic E-state index is -0.478. The molecule has 0 unspecified atom stereocenters. The number of carbonyl (C=O) groups excluding carboxylic acids is 1. The molecular weight excluding hydrogens is 329 g/mol. The fourth-order valence-corrected chi connectivity index (χ4v) is 3.12. The summed E-state index contributed by atoms with van der Waals surface area (Å²) in [6, 6.07) is 11.4. The number of amides is 1. The molecule has 1 aromatic carbocycles. The van der Waals surface area contributed by atoms with Crippen molar-refractivity contribution in [1.82, 2.24) is 4.90 Å². The highest BCUT2D eigenvalue weighted by atomic mass is 32.1. The van der Waals surface area contributed by atoms with Crippen LogP contribution in [-0.4, -0.2) is 17.9 Å². The number of benzene rings is 1. The number of carbonyl (C=O) groups is 1. The lowest BCUT2D eigenvalue weighted by Gasteiger charge is -2.22. The van der Waals surface area contributed by atoms with Gasteiger partial charge in [-0.3, -0.25) is 4.79 Å². The molecule has 0 saturated heterocycles. The highest BCUT2D eigenvalue weighted by Crippen LogP contribution is 2.24. The molecule has 3 aromatic rings. The summed E-state index contributed by atoms with van der Waals surface area (Å²) in [4.78, 5) is 15.6. The fraction of sp³-hybridized carbons (Fsp3) is 0.167. The molecule has 0 atom stereocenters. The van der Waals surface area contributed by atoms with Crippen molar-refractivity contribution in [2.24, 2.45) is 0 Å².